The Labute approximate surface area is 147 Å². The van der Waals surface area contributed by atoms with Crippen LogP contribution in [0.2, 0.25) is 0 Å². The van der Waals surface area contributed by atoms with Gasteiger partial charge in [0.1, 0.15) is 5.60 Å². The van der Waals surface area contributed by atoms with Crippen LogP contribution in [0.4, 0.5) is 16.2 Å². The lowest BCUT2D eigenvalue weighted by Gasteiger charge is -2.36. The van der Waals surface area contributed by atoms with Gasteiger partial charge in [-0.2, -0.15) is 0 Å². The highest BCUT2D eigenvalue weighted by atomic mass is 16.6. The van der Waals surface area contributed by atoms with E-state index in [1.54, 1.807) is 24.0 Å². The number of amides is 1. The van der Waals surface area contributed by atoms with Crippen LogP contribution in [0.25, 0.3) is 0 Å². The highest BCUT2D eigenvalue weighted by Crippen LogP contribution is 2.32. The molecule has 0 atom stereocenters. The molecule has 0 bridgehead atoms. The topological polar surface area (TPSA) is 85.2 Å². The molecule has 1 aromatic rings. The largest absolute Gasteiger partial charge is 0.487 e. The zero-order valence-electron chi connectivity index (χ0n) is 15.2. The molecule has 1 amide bonds. The lowest BCUT2D eigenvalue weighted by Crippen LogP contribution is -2.50. The third kappa shape index (κ3) is 4.98. The lowest BCUT2D eigenvalue weighted by molar-refractivity contribution is -0.385. The van der Waals surface area contributed by atoms with Gasteiger partial charge < -0.3 is 19.3 Å². The van der Waals surface area contributed by atoms with Gasteiger partial charge in [-0.15, -0.1) is 0 Å². The average molecular weight is 351 g/mol. The summed E-state index contributed by atoms with van der Waals surface area (Å²) in [7, 11) is 0. The molecule has 0 spiro atoms. The first kappa shape index (κ1) is 18.8. The van der Waals surface area contributed by atoms with Crippen molar-refractivity contribution in [2.75, 3.05) is 37.7 Å². The Morgan fingerprint density at radius 3 is 2.40 bits per heavy atom. The quantitative estimate of drug-likeness (QED) is 0.612. The molecule has 1 aliphatic rings. The molecule has 138 valence electrons. The Kier molecular flexibility index (Phi) is 5.71. The number of anilines is 1. The molecule has 0 unspecified atom stereocenters. The van der Waals surface area contributed by atoms with Crippen LogP contribution in [0, 0.1) is 10.1 Å². The van der Waals surface area contributed by atoms with E-state index in [2.05, 4.69) is 4.90 Å². The van der Waals surface area contributed by atoms with Gasteiger partial charge in [-0.1, -0.05) is 0 Å². The van der Waals surface area contributed by atoms with Gasteiger partial charge in [0.2, 0.25) is 0 Å². The van der Waals surface area contributed by atoms with Crippen molar-refractivity contribution in [3.8, 4) is 5.75 Å². The van der Waals surface area contributed by atoms with E-state index < -0.39 is 10.5 Å². The summed E-state index contributed by atoms with van der Waals surface area (Å²) in [5.41, 5.74) is 0.287. The summed E-state index contributed by atoms with van der Waals surface area (Å²) in [5, 5.41) is 11.1. The van der Waals surface area contributed by atoms with Gasteiger partial charge in [-0.3, -0.25) is 10.1 Å². The number of nitrogens with zero attached hydrogens (tertiary/aromatic N) is 3. The average Bonchev–Trinajstić information content (AvgIpc) is 2.53. The van der Waals surface area contributed by atoms with Crippen LogP contribution in [-0.4, -0.2) is 54.3 Å². The Balaban J connectivity index is 2.04. The molecule has 25 heavy (non-hydrogen) atoms. The van der Waals surface area contributed by atoms with E-state index in [4.69, 9.17) is 9.47 Å². The van der Waals surface area contributed by atoms with Crippen LogP contribution >= 0.6 is 0 Å². The third-order valence-corrected chi connectivity index (χ3v) is 3.74. The summed E-state index contributed by atoms with van der Waals surface area (Å²) in [5.74, 6) is 0.263. The number of carbonyl (C=O) groups is 1. The number of hydrogen-bond acceptors (Lipinski definition) is 6. The zero-order valence-corrected chi connectivity index (χ0v) is 15.2. The molecular formula is C17H25N3O5. The highest BCUT2D eigenvalue weighted by Gasteiger charge is 2.26. The van der Waals surface area contributed by atoms with Crippen molar-refractivity contribution in [3.05, 3.63) is 28.3 Å². The van der Waals surface area contributed by atoms with Gasteiger partial charge >= 0.3 is 11.8 Å². The van der Waals surface area contributed by atoms with Crippen molar-refractivity contribution in [1.82, 2.24) is 4.90 Å². The summed E-state index contributed by atoms with van der Waals surface area (Å²) in [6.07, 6.45) is -0.314. The summed E-state index contributed by atoms with van der Waals surface area (Å²) in [4.78, 5) is 26.5. The summed E-state index contributed by atoms with van der Waals surface area (Å²) in [6, 6.07) is 4.86. The van der Waals surface area contributed by atoms with Crippen LogP contribution in [-0.2, 0) is 4.74 Å². The van der Waals surface area contributed by atoms with E-state index in [-0.39, 0.29) is 17.5 Å². The molecule has 1 aromatic carbocycles. The monoisotopic (exact) mass is 351 g/mol. The first-order chi connectivity index (χ1) is 11.7. The predicted molar refractivity (Wildman–Crippen MR) is 94.3 cm³/mol. The molecule has 1 heterocycles. The molecule has 0 aromatic heterocycles. The molecule has 0 N–H and O–H groups in total. The molecule has 1 saturated heterocycles. The minimum atomic E-state index is -0.515. The predicted octanol–water partition coefficient (Wildman–Crippen LogP) is 3.05. The van der Waals surface area contributed by atoms with Crippen molar-refractivity contribution >= 4 is 17.5 Å². The molecule has 0 saturated carbocycles. The van der Waals surface area contributed by atoms with Gasteiger partial charge in [0.15, 0.2) is 5.75 Å². The first-order valence-corrected chi connectivity index (χ1v) is 8.35. The highest BCUT2D eigenvalue weighted by molar-refractivity contribution is 5.69. The number of hydrogen-bond donors (Lipinski definition) is 0. The molecule has 8 nitrogen and oxygen atoms in total. The number of ether oxygens (including phenoxy) is 2. The van der Waals surface area contributed by atoms with E-state index in [9.17, 15) is 14.9 Å². The van der Waals surface area contributed by atoms with E-state index in [1.807, 2.05) is 20.8 Å². The third-order valence-electron chi connectivity index (χ3n) is 3.74. The van der Waals surface area contributed by atoms with Gasteiger partial charge in [-0.25, -0.2) is 4.79 Å². The maximum atomic E-state index is 12.1. The van der Waals surface area contributed by atoms with Crippen molar-refractivity contribution in [2.45, 2.75) is 33.3 Å². The van der Waals surface area contributed by atoms with E-state index in [1.165, 1.54) is 6.07 Å². The smallest absolute Gasteiger partial charge is 0.410 e. The Morgan fingerprint density at radius 2 is 1.88 bits per heavy atom. The van der Waals surface area contributed by atoms with E-state index in [0.29, 0.717) is 32.8 Å². The van der Waals surface area contributed by atoms with Gasteiger partial charge in [0, 0.05) is 44.0 Å². The van der Waals surface area contributed by atoms with E-state index >= 15 is 0 Å². The first-order valence-electron chi connectivity index (χ1n) is 8.35. The van der Waals surface area contributed by atoms with E-state index in [0.717, 1.165) is 5.69 Å². The number of piperazine rings is 1. The zero-order chi connectivity index (χ0) is 18.6. The Morgan fingerprint density at radius 1 is 1.24 bits per heavy atom. The maximum Gasteiger partial charge on any atom is 0.410 e. The lowest BCUT2D eigenvalue weighted by atomic mass is 10.2. The van der Waals surface area contributed by atoms with Crippen LogP contribution in [0.5, 0.6) is 5.75 Å². The Bertz CT molecular complexity index is 634. The summed E-state index contributed by atoms with van der Waals surface area (Å²) in [6.45, 7) is 10.00. The van der Waals surface area contributed by atoms with Gasteiger partial charge in [0.05, 0.1) is 11.5 Å². The SMILES string of the molecule is CCOc1cc(N2CCN(C(=O)OC(C)(C)C)CC2)ccc1[N+](=O)[O-]. The van der Waals surface area contributed by atoms with Crippen LogP contribution in [0.15, 0.2) is 18.2 Å². The van der Waals surface area contributed by atoms with Crippen LogP contribution in [0.3, 0.4) is 0 Å². The fraction of sp³-hybridized carbons (Fsp3) is 0.588. The second kappa shape index (κ2) is 7.58. The van der Waals surface area contributed by atoms with Gasteiger partial charge in [0.25, 0.3) is 0 Å². The molecular weight excluding hydrogens is 326 g/mol. The molecule has 1 fully saturated rings. The molecule has 2 rings (SSSR count). The van der Waals surface area contributed by atoms with Crippen molar-refractivity contribution in [2.24, 2.45) is 0 Å². The summed E-state index contributed by atoms with van der Waals surface area (Å²) >= 11 is 0. The fourth-order valence-electron chi connectivity index (χ4n) is 2.60. The number of nitro groups is 1. The molecule has 8 heteroatoms. The molecule has 1 aliphatic heterocycles. The normalized spacial score (nSPS) is 15.0. The van der Waals surface area contributed by atoms with Crippen molar-refractivity contribution < 1.29 is 19.2 Å². The minimum absolute atomic E-state index is 0.0435. The molecule has 0 radical (unpaired) electrons. The van der Waals surface area contributed by atoms with Crippen LogP contribution < -0.4 is 9.64 Å². The fourth-order valence-corrected chi connectivity index (χ4v) is 2.60. The van der Waals surface area contributed by atoms with Crippen molar-refractivity contribution in [1.29, 1.82) is 0 Å². The number of nitro benzene ring substituents is 1. The molecule has 0 aliphatic carbocycles. The number of rotatable bonds is 4. The van der Waals surface area contributed by atoms with Crippen molar-refractivity contribution in [3.63, 3.8) is 0 Å². The minimum Gasteiger partial charge on any atom is -0.487 e. The standard InChI is InChI=1S/C17H25N3O5/c1-5-24-15-12-13(6-7-14(15)20(22)23)18-8-10-19(11-9-18)16(21)25-17(2,3)4/h6-7,12H,5,8-11H2,1-4H3. The van der Waals surface area contributed by atoms with Gasteiger partial charge in [-0.05, 0) is 33.8 Å². The van der Waals surface area contributed by atoms with Crippen LogP contribution in [0.1, 0.15) is 27.7 Å². The summed E-state index contributed by atoms with van der Waals surface area (Å²) < 4.78 is 10.8. The second-order valence-corrected chi connectivity index (χ2v) is 6.80. The second-order valence-electron chi connectivity index (χ2n) is 6.80. The number of benzene rings is 1. The Hall–Kier alpha value is -2.51. The number of carbonyl (C=O) groups excluding carboxylic acids is 1. The maximum absolute atomic E-state index is 12.1.